The molecule has 1 aliphatic heterocycles. The molecule has 2 aliphatic rings. The first kappa shape index (κ1) is 29.4. The number of hydrogen-bond acceptors (Lipinski definition) is 6. The van der Waals surface area contributed by atoms with Crippen molar-refractivity contribution < 1.29 is 14.3 Å². The Hall–Kier alpha value is -5.30. The number of fused-ring (bicyclic) bond motifs is 2. The van der Waals surface area contributed by atoms with E-state index in [0.717, 1.165) is 51.9 Å². The Labute approximate surface area is 267 Å². The minimum absolute atomic E-state index is 0.0112. The molecule has 1 aliphatic carbocycles. The van der Waals surface area contributed by atoms with Crippen LogP contribution < -0.4 is 4.90 Å². The number of anilines is 1. The summed E-state index contributed by atoms with van der Waals surface area (Å²) >= 11 is 0. The Morgan fingerprint density at radius 2 is 1.89 bits per heavy atom. The lowest BCUT2D eigenvalue weighted by Crippen LogP contribution is -2.23. The Bertz CT molecular complexity index is 1930. The summed E-state index contributed by atoms with van der Waals surface area (Å²) in [6.07, 6.45) is 12.4. The van der Waals surface area contributed by atoms with Crippen molar-refractivity contribution in [1.29, 1.82) is 0 Å². The number of carbonyl (C=O) groups is 2. The van der Waals surface area contributed by atoms with Gasteiger partial charge in [0, 0.05) is 34.6 Å². The maximum atomic E-state index is 13.3. The topological polar surface area (TPSA) is 99.5 Å². The quantitative estimate of drug-likeness (QED) is 0.127. The van der Waals surface area contributed by atoms with Crippen LogP contribution in [0.1, 0.15) is 72.5 Å². The zero-order valence-electron chi connectivity index (χ0n) is 25.7. The van der Waals surface area contributed by atoms with Gasteiger partial charge in [0.25, 0.3) is 5.91 Å². The number of aromatic nitrogens is 5. The summed E-state index contributed by atoms with van der Waals surface area (Å²) in [6, 6.07) is 17.3. The molecule has 10 heteroatoms. The summed E-state index contributed by atoms with van der Waals surface area (Å²) in [6.45, 7) is 10.4. The van der Waals surface area contributed by atoms with Crippen LogP contribution in [0.25, 0.3) is 27.1 Å². The second kappa shape index (κ2) is 12.6. The van der Waals surface area contributed by atoms with E-state index in [1.165, 1.54) is 19.2 Å². The highest BCUT2D eigenvalue weighted by molar-refractivity contribution is 6.10. The lowest BCUT2D eigenvalue weighted by molar-refractivity contribution is -0.149. The summed E-state index contributed by atoms with van der Waals surface area (Å²) in [5.41, 5.74) is 5.66. The van der Waals surface area contributed by atoms with E-state index in [0.29, 0.717) is 31.1 Å². The number of amides is 1. The zero-order valence-corrected chi connectivity index (χ0v) is 25.7. The van der Waals surface area contributed by atoms with Gasteiger partial charge in [-0.1, -0.05) is 50.1 Å². The molecule has 7 rings (SSSR count). The van der Waals surface area contributed by atoms with Crippen molar-refractivity contribution in [2.75, 3.05) is 11.4 Å². The third kappa shape index (κ3) is 5.42. The normalized spacial score (nSPS) is 16.0. The van der Waals surface area contributed by atoms with Gasteiger partial charge < -0.3 is 14.5 Å². The summed E-state index contributed by atoms with van der Waals surface area (Å²) in [4.78, 5) is 40.7. The van der Waals surface area contributed by atoms with Crippen molar-refractivity contribution in [1.82, 2.24) is 24.3 Å². The van der Waals surface area contributed by atoms with Crippen LogP contribution >= 0.6 is 0 Å². The van der Waals surface area contributed by atoms with Crippen LogP contribution in [0.3, 0.4) is 0 Å². The molecular formula is C36H35N7O3. The molecule has 10 nitrogen and oxygen atoms in total. The first-order valence-corrected chi connectivity index (χ1v) is 15.9. The van der Waals surface area contributed by atoms with E-state index in [1.807, 2.05) is 78.6 Å². The van der Waals surface area contributed by atoms with E-state index >= 15 is 0 Å². The standard InChI is InChI=1S/C36H35N7O3/c1-3-29(24-12-14-28(15-13-24)42-20-26-10-6-7-11-30(26)35(42)44)36(45)46-23-41-17-16-31-33(38-22-39-34(31)41)27-18-40-43(21-27)32(19-37-2)25-8-4-5-9-25/h6-7,10-18,21-22,25,29,32H,3-5,8-9,19-20,23H2,1H3/t29?,32-/m1/s1. The SMILES string of the molecule is [C-]#[N+]C[C@H](C1CCCC1)n1cc(-c2ncnc3c2ccn3COC(=O)C(CC)c2ccc(N3Cc4ccccc4C3=O)cc2)cn1. The molecule has 1 amide bonds. The average Bonchev–Trinajstić information content (AvgIpc) is 3.91. The molecule has 0 saturated heterocycles. The van der Waals surface area contributed by atoms with E-state index in [1.54, 1.807) is 15.7 Å². The van der Waals surface area contributed by atoms with Crippen molar-refractivity contribution in [3.8, 4) is 11.3 Å². The van der Waals surface area contributed by atoms with Crippen LogP contribution in [0.4, 0.5) is 5.69 Å². The van der Waals surface area contributed by atoms with Gasteiger partial charge in [-0.05, 0) is 60.6 Å². The molecule has 5 aromatic rings. The number of hydrogen-bond donors (Lipinski definition) is 0. The molecule has 0 spiro atoms. The molecule has 0 radical (unpaired) electrons. The first-order chi connectivity index (χ1) is 22.6. The summed E-state index contributed by atoms with van der Waals surface area (Å²) in [5.74, 6) is -0.306. The van der Waals surface area contributed by atoms with Crippen molar-refractivity contribution in [3.05, 3.63) is 108 Å². The second-order valence-corrected chi connectivity index (χ2v) is 12.1. The number of nitrogens with zero attached hydrogens (tertiary/aromatic N) is 7. The Morgan fingerprint density at radius 3 is 2.65 bits per heavy atom. The highest BCUT2D eigenvalue weighted by Gasteiger charge is 2.30. The fourth-order valence-corrected chi connectivity index (χ4v) is 6.99. The van der Waals surface area contributed by atoms with E-state index < -0.39 is 5.92 Å². The van der Waals surface area contributed by atoms with Gasteiger partial charge in [-0.15, -0.1) is 0 Å². The third-order valence-electron chi connectivity index (χ3n) is 9.46. The number of carbonyl (C=O) groups excluding carboxylic acids is 2. The predicted molar refractivity (Wildman–Crippen MR) is 174 cm³/mol. The highest BCUT2D eigenvalue weighted by Crippen LogP contribution is 2.36. The van der Waals surface area contributed by atoms with Crippen molar-refractivity contribution in [3.63, 3.8) is 0 Å². The minimum atomic E-state index is -0.443. The summed E-state index contributed by atoms with van der Waals surface area (Å²) < 4.78 is 9.55. The van der Waals surface area contributed by atoms with Crippen LogP contribution in [-0.4, -0.2) is 42.7 Å². The molecule has 1 fully saturated rings. The number of ether oxygens (including phenoxy) is 1. The molecule has 0 N–H and O–H groups in total. The second-order valence-electron chi connectivity index (χ2n) is 12.1. The third-order valence-corrected chi connectivity index (χ3v) is 9.46. The van der Waals surface area contributed by atoms with Crippen LogP contribution in [0.2, 0.25) is 0 Å². The number of rotatable bonds is 10. The van der Waals surface area contributed by atoms with Crippen LogP contribution in [-0.2, 0) is 22.8 Å². The molecule has 1 unspecified atom stereocenters. The van der Waals surface area contributed by atoms with Gasteiger partial charge in [0.2, 0.25) is 6.54 Å². The maximum absolute atomic E-state index is 13.3. The molecule has 46 heavy (non-hydrogen) atoms. The largest absolute Gasteiger partial charge is 0.443 e. The maximum Gasteiger partial charge on any atom is 0.315 e. The Morgan fingerprint density at radius 1 is 1.09 bits per heavy atom. The monoisotopic (exact) mass is 613 g/mol. The van der Waals surface area contributed by atoms with Gasteiger partial charge in [-0.2, -0.15) is 5.10 Å². The van der Waals surface area contributed by atoms with Crippen molar-refractivity contribution in [2.45, 2.75) is 64.3 Å². The van der Waals surface area contributed by atoms with Gasteiger partial charge in [-0.3, -0.25) is 18.8 Å². The summed E-state index contributed by atoms with van der Waals surface area (Å²) in [7, 11) is 0. The van der Waals surface area contributed by atoms with Crippen molar-refractivity contribution in [2.24, 2.45) is 5.92 Å². The zero-order chi connectivity index (χ0) is 31.6. The van der Waals surface area contributed by atoms with Gasteiger partial charge in [0.15, 0.2) is 6.73 Å². The number of benzene rings is 2. The van der Waals surface area contributed by atoms with Crippen LogP contribution in [0.15, 0.2) is 79.5 Å². The average molecular weight is 614 g/mol. The minimum Gasteiger partial charge on any atom is -0.443 e. The van der Waals surface area contributed by atoms with E-state index in [9.17, 15) is 9.59 Å². The fourth-order valence-electron chi connectivity index (χ4n) is 6.99. The lowest BCUT2D eigenvalue weighted by atomic mass is 9.96. The fraction of sp³-hybridized carbons (Fsp3) is 0.333. The molecule has 4 heterocycles. The lowest BCUT2D eigenvalue weighted by Gasteiger charge is -2.19. The molecule has 3 aromatic heterocycles. The van der Waals surface area contributed by atoms with E-state index in [2.05, 4.69) is 19.9 Å². The van der Waals surface area contributed by atoms with E-state index in [4.69, 9.17) is 11.3 Å². The molecule has 2 atom stereocenters. The van der Waals surface area contributed by atoms with E-state index in [-0.39, 0.29) is 24.6 Å². The predicted octanol–water partition coefficient (Wildman–Crippen LogP) is 6.80. The molecule has 2 aromatic carbocycles. The van der Waals surface area contributed by atoms with Gasteiger partial charge in [0.05, 0.1) is 24.4 Å². The van der Waals surface area contributed by atoms with Gasteiger partial charge in [0.1, 0.15) is 18.0 Å². The van der Waals surface area contributed by atoms with Crippen molar-refractivity contribution >= 4 is 28.6 Å². The number of esters is 1. The molecule has 1 saturated carbocycles. The first-order valence-electron chi connectivity index (χ1n) is 15.9. The smallest absolute Gasteiger partial charge is 0.315 e. The molecule has 232 valence electrons. The highest BCUT2D eigenvalue weighted by atomic mass is 16.5. The van der Waals surface area contributed by atoms with Crippen LogP contribution in [0, 0.1) is 12.5 Å². The summed E-state index contributed by atoms with van der Waals surface area (Å²) in [5, 5.41) is 5.48. The molecular weight excluding hydrogens is 578 g/mol. The van der Waals surface area contributed by atoms with Crippen LogP contribution in [0.5, 0.6) is 0 Å². The Kier molecular flexibility index (Phi) is 8.06. The molecule has 0 bridgehead atoms. The van der Waals surface area contributed by atoms with Gasteiger partial charge >= 0.3 is 5.97 Å². The Balaban J connectivity index is 1.04. The van der Waals surface area contributed by atoms with Gasteiger partial charge in [-0.25, -0.2) is 16.5 Å².